The van der Waals surface area contributed by atoms with Crippen LogP contribution in [0.25, 0.3) is 0 Å². The van der Waals surface area contributed by atoms with Crippen LogP contribution in [0.15, 0.2) is 28.7 Å². The lowest BCUT2D eigenvalue weighted by Crippen LogP contribution is -2.44. The third kappa shape index (κ3) is 6.51. The molecule has 1 aromatic rings. The van der Waals surface area contributed by atoms with Gasteiger partial charge in [-0.3, -0.25) is 4.79 Å². The molecule has 0 saturated heterocycles. The molecule has 0 spiro atoms. The molecule has 1 aliphatic rings. The summed E-state index contributed by atoms with van der Waals surface area (Å²) < 4.78 is 6.70. The molecular formula is C18H27BrN2O2. The molecule has 0 bridgehead atoms. The first-order valence-corrected chi connectivity index (χ1v) is 9.36. The van der Waals surface area contributed by atoms with Crippen molar-refractivity contribution in [2.75, 3.05) is 13.2 Å². The summed E-state index contributed by atoms with van der Waals surface area (Å²) in [4.78, 5) is 12.0. The van der Waals surface area contributed by atoms with E-state index in [0.29, 0.717) is 25.5 Å². The fraction of sp³-hybridized carbons (Fsp3) is 0.611. The number of hydrogen-bond acceptors (Lipinski definition) is 3. The molecule has 1 aromatic carbocycles. The molecule has 23 heavy (non-hydrogen) atoms. The Hall–Kier alpha value is -1.07. The van der Waals surface area contributed by atoms with Crippen LogP contribution in [0.4, 0.5) is 0 Å². The number of carbonyl (C=O) groups excluding carboxylic acids is 1. The second-order valence-electron chi connectivity index (χ2n) is 6.21. The molecule has 128 valence electrons. The van der Waals surface area contributed by atoms with Crippen LogP contribution in [0.2, 0.25) is 0 Å². The molecule has 2 rings (SSSR count). The number of amides is 1. The number of ether oxygens (including phenoxy) is 1. The maximum atomic E-state index is 12.0. The summed E-state index contributed by atoms with van der Waals surface area (Å²) in [5.41, 5.74) is 5.80. The minimum absolute atomic E-state index is 0.152. The van der Waals surface area contributed by atoms with Gasteiger partial charge in [0.15, 0.2) is 0 Å². The van der Waals surface area contributed by atoms with Crippen LogP contribution in [0.3, 0.4) is 0 Å². The predicted octanol–water partition coefficient (Wildman–Crippen LogP) is 3.63. The van der Waals surface area contributed by atoms with E-state index in [2.05, 4.69) is 21.2 Å². The number of halogens is 1. The van der Waals surface area contributed by atoms with E-state index < -0.39 is 0 Å². The Morgan fingerprint density at radius 2 is 1.96 bits per heavy atom. The van der Waals surface area contributed by atoms with Gasteiger partial charge in [-0.05, 0) is 62.4 Å². The standard InChI is InChI=1S/C18H27BrN2O2/c19-15-8-10-16(11-9-15)23-12-4-3-7-18(22)21-17-6-2-1-5-14(17)13-20/h8-11,14,17H,1-7,12-13,20H2,(H,21,22). The van der Waals surface area contributed by atoms with E-state index in [0.717, 1.165) is 35.9 Å². The SMILES string of the molecule is NCC1CCCCC1NC(=O)CCCCOc1ccc(Br)cc1. The Morgan fingerprint density at radius 1 is 1.22 bits per heavy atom. The monoisotopic (exact) mass is 382 g/mol. The third-order valence-electron chi connectivity index (χ3n) is 4.44. The fourth-order valence-electron chi connectivity index (χ4n) is 3.07. The van der Waals surface area contributed by atoms with E-state index in [9.17, 15) is 4.79 Å². The molecule has 1 fully saturated rings. The topological polar surface area (TPSA) is 64.3 Å². The van der Waals surface area contributed by atoms with Crippen molar-refractivity contribution in [3.05, 3.63) is 28.7 Å². The molecule has 0 radical (unpaired) electrons. The lowest BCUT2D eigenvalue weighted by atomic mass is 9.84. The molecule has 0 aliphatic heterocycles. The van der Waals surface area contributed by atoms with Gasteiger partial charge < -0.3 is 15.8 Å². The van der Waals surface area contributed by atoms with Gasteiger partial charge in [-0.15, -0.1) is 0 Å². The highest BCUT2D eigenvalue weighted by Crippen LogP contribution is 2.23. The summed E-state index contributed by atoms with van der Waals surface area (Å²) in [7, 11) is 0. The maximum Gasteiger partial charge on any atom is 0.220 e. The van der Waals surface area contributed by atoms with Crippen LogP contribution in [0.1, 0.15) is 44.9 Å². The second-order valence-corrected chi connectivity index (χ2v) is 7.13. The van der Waals surface area contributed by atoms with Gasteiger partial charge in [0, 0.05) is 16.9 Å². The van der Waals surface area contributed by atoms with E-state index >= 15 is 0 Å². The lowest BCUT2D eigenvalue weighted by molar-refractivity contribution is -0.122. The van der Waals surface area contributed by atoms with Crippen molar-refractivity contribution in [2.45, 2.75) is 51.0 Å². The van der Waals surface area contributed by atoms with E-state index in [4.69, 9.17) is 10.5 Å². The molecule has 1 amide bonds. The first-order chi connectivity index (χ1) is 11.2. The van der Waals surface area contributed by atoms with Crippen molar-refractivity contribution in [1.29, 1.82) is 0 Å². The predicted molar refractivity (Wildman–Crippen MR) is 96.4 cm³/mol. The van der Waals surface area contributed by atoms with Gasteiger partial charge in [0.25, 0.3) is 0 Å². The van der Waals surface area contributed by atoms with Crippen LogP contribution in [-0.2, 0) is 4.79 Å². The van der Waals surface area contributed by atoms with Gasteiger partial charge in [-0.2, -0.15) is 0 Å². The van der Waals surface area contributed by atoms with Crippen molar-refractivity contribution in [3.8, 4) is 5.75 Å². The van der Waals surface area contributed by atoms with E-state index in [-0.39, 0.29) is 11.9 Å². The third-order valence-corrected chi connectivity index (χ3v) is 4.97. The average Bonchev–Trinajstić information content (AvgIpc) is 2.57. The summed E-state index contributed by atoms with van der Waals surface area (Å²) in [6.45, 7) is 1.32. The van der Waals surface area contributed by atoms with Crippen molar-refractivity contribution >= 4 is 21.8 Å². The highest BCUT2D eigenvalue weighted by molar-refractivity contribution is 9.10. The van der Waals surface area contributed by atoms with Gasteiger partial charge in [-0.1, -0.05) is 28.8 Å². The Kier molecular flexibility index (Phi) is 7.89. The molecule has 0 heterocycles. The van der Waals surface area contributed by atoms with Gasteiger partial charge >= 0.3 is 0 Å². The molecule has 0 aromatic heterocycles. The van der Waals surface area contributed by atoms with Crippen molar-refractivity contribution in [1.82, 2.24) is 5.32 Å². The normalized spacial score (nSPS) is 21.0. The number of unbranched alkanes of at least 4 members (excludes halogenated alkanes) is 1. The van der Waals surface area contributed by atoms with Gasteiger partial charge in [-0.25, -0.2) is 0 Å². The molecule has 2 unspecified atom stereocenters. The zero-order valence-electron chi connectivity index (χ0n) is 13.6. The minimum Gasteiger partial charge on any atom is -0.494 e. The number of hydrogen-bond donors (Lipinski definition) is 2. The van der Waals surface area contributed by atoms with Crippen molar-refractivity contribution in [2.24, 2.45) is 11.7 Å². The van der Waals surface area contributed by atoms with Gasteiger partial charge in [0.2, 0.25) is 5.91 Å². The van der Waals surface area contributed by atoms with Crippen LogP contribution in [0, 0.1) is 5.92 Å². The Labute approximate surface area is 147 Å². The van der Waals surface area contributed by atoms with Crippen LogP contribution < -0.4 is 15.8 Å². The van der Waals surface area contributed by atoms with E-state index in [1.807, 2.05) is 24.3 Å². The molecule has 4 nitrogen and oxygen atoms in total. The lowest BCUT2D eigenvalue weighted by Gasteiger charge is -2.31. The summed E-state index contributed by atoms with van der Waals surface area (Å²) in [5, 5.41) is 3.17. The number of benzene rings is 1. The van der Waals surface area contributed by atoms with Crippen LogP contribution in [0.5, 0.6) is 5.75 Å². The molecule has 3 N–H and O–H groups in total. The Morgan fingerprint density at radius 3 is 2.70 bits per heavy atom. The highest BCUT2D eigenvalue weighted by Gasteiger charge is 2.24. The average molecular weight is 383 g/mol. The van der Waals surface area contributed by atoms with E-state index in [1.165, 1.54) is 12.8 Å². The van der Waals surface area contributed by atoms with Crippen LogP contribution in [-0.4, -0.2) is 25.1 Å². The first kappa shape index (κ1) is 18.3. The van der Waals surface area contributed by atoms with E-state index in [1.54, 1.807) is 0 Å². The summed E-state index contributed by atoms with van der Waals surface area (Å²) in [6, 6.07) is 8.07. The van der Waals surface area contributed by atoms with Crippen LogP contribution >= 0.6 is 15.9 Å². The zero-order chi connectivity index (χ0) is 16.5. The quantitative estimate of drug-likeness (QED) is 0.674. The molecule has 1 saturated carbocycles. The number of rotatable bonds is 8. The molecule has 2 atom stereocenters. The molecule has 1 aliphatic carbocycles. The number of carbonyl (C=O) groups is 1. The van der Waals surface area contributed by atoms with Gasteiger partial charge in [0.05, 0.1) is 6.61 Å². The largest absolute Gasteiger partial charge is 0.494 e. The fourth-order valence-corrected chi connectivity index (χ4v) is 3.33. The van der Waals surface area contributed by atoms with Crippen molar-refractivity contribution in [3.63, 3.8) is 0 Å². The minimum atomic E-state index is 0.152. The summed E-state index contributed by atoms with van der Waals surface area (Å²) in [6.07, 6.45) is 6.95. The Bertz CT molecular complexity index is 478. The molecular weight excluding hydrogens is 356 g/mol. The number of nitrogens with one attached hydrogen (secondary N) is 1. The Balaban J connectivity index is 1.58. The highest BCUT2D eigenvalue weighted by atomic mass is 79.9. The summed E-state index contributed by atoms with van der Waals surface area (Å²) >= 11 is 3.40. The zero-order valence-corrected chi connectivity index (χ0v) is 15.2. The molecule has 5 heteroatoms. The number of nitrogens with two attached hydrogens (primary N) is 1. The van der Waals surface area contributed by atoms with Crippen molar-refractivity contribution < 1.29 is 9.53 Å². The maximum absolute atomic E-state index is 12.0. The second kappa shape index (κ2) is 9.93. The van der Waals surface area contributed by atoms with Gasteiger partial charge in [0.1, 0.15) is 5.75 Å². The first-order valence-electron chi connectivity index (χ1n) is 8.57. The smallest absolute Gasteiger partial charge is 0.220 e. The summed E-state index contributed by atoms with van der Waals surface area (Å²) in [5.74, 6) is 1.47.